The zero-order valence-electron chi connectivity index (χ0n) is 22.6. The first-order valence-electron chi connectivity index (χ1n) is 14.6. The van der Waals surface area contributed by atoms with Gasteiger partial charge in [-0.05, 0) is 31.7 Å². The van der Waals surface area contributed by atoms with Gasteiger partial charge in [-0.3, -0.25) is 4.90 Å². The van der Waals surface area contributed by atoms with Gasteiger partial charge in [0.1, 0.15) is 0 Å². The van der Waals surface area contributed by atoms with Gasteiger partial charge in [0.15, 0.2) is 0 Å². The van der Waals surface area contributed by atoms with Crippen LogP contribution in [-0.4, -0.2) is 47.0 Å². The van der Waals surface area contributed by atoms with Crippen molar-refractivity contribution in [1.82, 2.24) is 4.90 Å². The lowest BCUT2D eigenvalue weighted by atomic mass is 10.0. The molecule has 0 aromatic carbocycles. The first-order chi connectivity index (χ1) is 15.5. The highest BCUT2D eigenvalue weighted by Crippen LogP contribution is 2.14. The molecule has 0 bridgehead atoms. The van der Waals surface area contributed by atoms with Crippen molar-refractivity contribution in [3.63, 3.8) is 0 Å². The molecule has 2 atom stereocenters. The number of nitrogens with zero attached hydrogens (tertiary/aromatic N) is 1. The summed E-state index contributed by atoms with van der Waals surface area (Å²) in [4.78, 5) is 2.32. The third-order valence-corrected chi connectivity index (χ3v) is 6.74. The minimum Gasteiger partial charge on any atom is -0.392 e. The Kier molecular flexibility index (Phi) is 23.9. The fourth-order valence-electron chi connectivity index (χ4n) is 4.50. The topological polar surface area (TPSA) is 43.7 Å². The van der Waals surface area contributed by atoms with Crippen LogP contribution in [0.15, 0.2) is 0 Å². The second kappa shape index (κ2) is 24.0. The van der Waals surface area contributed by atoms with Gasteiger partial charge in [0.25, 0.3) is 0 Å². The number of rotatable bonds is 25. The SMILES string of the molecule is CCCCCCCCCCC(O)CN(CCC(C)C)CC(O)CCCCCCCCCC. The summed E-state index contributed by atoms with van der Waals surface area (Å²) in [5.41, 5.74) is 0. The van der Waals surface area contributed by atoms with Crippen molar-refractivity contribution in [3.05, 3.63) is 0 Å². The lowest BCUT2D eigenvalue weighted by Crippen LogP contribution is -2.39. The number of unbranched alkanes of at least 4 members (excludes halogenated alkanes) is 14. The zero-order valence-corrected chi connectivity index (χ0v) is 22.6. The maximum atomic E-state index is 10.6. The van der Waals surface area contributed by atoms with Crippen LogP contribution in [0.4, 0.5) is 0 Å². The van der Waals surface area contributed by atoms with Crippen LogP contribution in [0.3, 0.4) is 0 Å². The maximum Gasteiger partial charge on any atom is 0.0667 e. The highest BCUT2D eigenvalue weighted by molar-refractivity contribution is 4.70. The van der Waals surface area contributed by atoms with E-state index in [1.165, 1.54) is 89.9 Å². The Labute approximate surface area is 202 Å². The van der Waals surface area contributed by atoms with Gasteiger partial charge in [-0.15, -0.1) is 0 Å². The van der Waals surface area contributed by atoms with E-state index in [-0.39, 0.29) is 12.2 Å². The molecule has 194 valence electrons. The molecule has 0 rings (SSSR count). The van der Waals surface area contributed by atoms with Gasteiger partial charge in [0, 0.05) is 13.1 Å². The molecule has 0 saturated carbocycles. The van der Waals surface area contributed by atoms with Crippen LogP contribution in [0, 0.1) is 5.92 Å². The van der Waals surface area contributed by atoms with E-state index in [4.69, 9.17) is 0 Å². The quantitative estimate of drug-likeness (QED) is 0.137. The molecule has 2 unspecified atom stereocenters. The summed E-state index contributed by atoms with van der Waals surface area (Å²) in [6.07, 6.45) is 23.4. The molecule has 32 heavy (non-hydrogen) atoms. The second-order valence-corrected chi connectivity index (χ2v) is 10.8. The van der Waals surface area contributed by atoms with Crippen molar-refractivity contribution in [3.8, 4) is 0 Å². The standard InChI is InChI=1S/C29H61NO2/c1-5-7-9-11-13-15-17-19-21-28(31)25-30(24-23-27(3)4)26-29(32)22-20-18-16-14-12-10-8-6-2/h27-29,31-32H,5-26H2,1-4H3. The van der Waals surface area contributed by atoms with Gasteiger partial charge >= 0.3 is 0 Å². The van der Waals surface area contributed by atoms with E-state index in [1.807, 2.05) is 0 Å². The molecule has 0 aliphatic heterocycles. The third-order valence-electron chi connectivity index (χ3n) is 6.74. The molecular weight excluding hydrogens is 394 g/mol. The van der Waals surface area contributed by atoms with Crippen LogP contribution in [0.5, 0.6) is 0 Å². The summed E-state index contributed by atoms with van der Waals surface area (Å²) in [7, 11) is 0. The maximum absolute atomic E-state index is 10.6. The number of hydrogen-bond acceptors (Lipinski definition) is 3. The van der Waals surface area contributed by atoms with Gasteiger partial charge in [-0.2, -0.15) is 0 Å². The molecule has 0 aromatic rings. The van der Waals surface area contributed by atoms with Crippen molar-refractivity contribution in [2.24, 2.45) is 5.92 Å². The van der Waals surface area contributed by atoms with E-state index in [0.717, 1.165) is 51.7 Å². The van der Waals surface area contributed by atoms with E-state index in [2.05, 4.69) is 32.6 Å². The lowest BCUT2D eigenvalue weighted by Gasteiger charge is -2.28. The van der Waals surface area contributed by atoms with Crippen LogP contribution in [0.2, 0.25) is 0 Å². The first-order valence-corrected chi connectivity index (χ1v) is 14.6. The van der Waals surface area contributed by atoms with Crippen LogP contribution in [0.25, 0.3) is 0 Å². The summed E-state index contributed by atoms with van der Waals surface area (Å²) >= 11 is 0. The van der Waals surface area contributed by atoms with Gasteiger partial charge in [0.2, 0.25) is 0 Å². The third kappa shape index (κ3) is 23.1. The molecule has 0 aliphatic carbocycles. The molecular formula is C29H61NO2. The summed E-state index contributed by atoms with van der Waals surface area (Å²) in [5, 5.41) is 21.2. The lowest BCUT2D eigenvalue weighted by molar-refractivity contribution is 0.0583. The van der Waals surface area contributed by atoms with Crippen molar-refractivity contribution >= 4 is 0 Å². The molecule has 0 radical (unpaired) electrons. The van der Waals surface area contributed by atoms with E-state index in [0.29, 0.717) is 5.92 Å². The molecule has 3 heteroatoms. The van der Waals surface area contributed by atoms with E-state index in [1.54, 1.807) is 0 Å². The molecule has 0 heterocycles. The largest absolute Gasteiger partial charge is 0.392 e. The fourth-order valence-corrected chi connectivity index (χ4v) is 4.50. The smallest absolute Gasteiger partial charge is 0.0667 e. The van der Waals surface area contributed by atoms with Crippen LogP contribution >= 0.6 is 0 Å². The highest BCUT2D eigenvalue weighted by Gasteiger charge is 2.16. The molecule has 0 saturated heterocycles. The molecule has 0 aromatic heterocycles. The summed E-state index contributed by atoms with van der Waals surface area (Å²) in [6.45, 7) is 11.5. The predicted octanol–water partition coefficient (Wildman–Crippen LogP) is 8.12. The van der Waals surface area contributed by atoms with E-state index < -0.39 is 0 Å². The highest BCUT2D eigenvalue weighted by atomic mass is 16.3. The summed E-state index contributed by atoms with van der Waals surface area (Å²) in [6, 6.07) is 0. The average Bonchev–Trinajstić information content (AvgIpc) is 2.75. The van der Waals surface area contributed by atoms with Crippen molar-refractivity contribution in [2.45, 2.75) is 162 Å². The normalized spacial score (nSPS) is 13.9. The first kappa shape index (κ1) is 31.9. The Bertz CT molecular complexity index is 333. The molecule has 2 N–H and O–H groups in total. The minimum atomic E-state index is -0.252. The molecule has 3 nitrogen and oxygen atoms in total. The Morgan fingerprint density at radius 3 is 1.19 bits per heavy atom. The van der Waals surface area contributed by atoms with Crippen molar-refractivity contribution in [2.75, 3.05) is 19.6 Å². The minimum absolute atomic E-state index is 0.252. The van der Waals surface area contributed by atoms with Crippen LogP contribution < -0.4 is 0 Å². The summed E-state index contributed by atoms with van der Waals surface area (Å²) < 4.78 is 0. The van der Waals surface area contributed by atoms with Gasteiger partial charge in [0.05, 0.1) is 12.2 Å². The van der Waals surface area contributed by atoms with Crippen LogP contribution in [-0.2, 0) is 0 Å². The van der Waals surface area contributed by atoms with E-state index in [9.17, 15) is 10.2 Å². The molecule has 0 aliphatic rings. The Balaban J connectivity index is 4.00. The fraction of sp³-hybridized carbons (Fsp3) is 1.00. The van der Waals surface area contributed by atoms with Gasteiger partial charge in [-0.25, -0.2) is 0 Å². The Hall–Kier alpha value is -0.120. The van der Waals surface area contributed by atoms with Gasteiger partial charge < -0.3 is 10.2 Å². The molecule has 0 fully saturated rings. The monoisotopic (exact) mass is 455 g/mol. The van der Waals surface area contributed by atoms with Crippen molar-refractivity contribution < 1.29 is 10.2 Å². The van der Waals surface area contributed by atoms with E-state index >= 15 is 0 Å². The molecule has 0 spiro atoms. The number of aliphatic hydroxyl groups is 2. The number of aliphatic hydroxyl groups excluding tert-OH is 2. The Morgan fingerprint density at radius 2 is 0.844 bits per heavy atom. The molecule has 0 amide bonds. The second-order valence-electron chi connectivity index (χ2n) is 10.8. The zero-order chi connectivity index (χ0) is 23.9. The predicted molar refractivity (Wildman–Crippen MR) is 142 cm³/mol. The number of hydrogen-bond donors (Lipinski definition) is 2. The summed E-state index contributed by atoms with van der Waals surface area (Å²) in [5.74, 6) is 0.659. The van der Waals surface area contributed by atoms with Crippen molar-refractivity contribution in [1.29, 1.82) is 0 Å². The van der Waals surface area contributed by atoms with Gasteiger partial charge in [-0.1, -0.05) is 130 Å². The Morgan fingerprint density at radius 1 is 0.500 bits per heavy atom. The average molecular weight is 456 g/mol. The van der Waals surface area contributed by atoms with Crippen LogP contribution in [0.1, 0.15) is 150 Å².